The monoisotopic (exact) mass is 480 g/mol. The van der Waals surface area contributed by atoms with Gasteiger partial charge in [0.1, 0.15) is 5.69 Å². The van der Waals surface area contributed by atoms with Crippen molar-refractivity contribution in [2.45, 2.75) is 69.9 Å². The summed E-state index contributed by atoms with van der Waals surface area (Å²) in [6.45, 7) is 4.45. The quantitative estimate of drug-likeness (QED) is 0.664. The second-order valence-corrected chi connectivity index (χ2v) is 11.1. The molecule has 182 valence electrons. The maximum absolute atomic E-state index is 12.8. The number of piperidine rings is 1. The largest absolute Gasteiger partial charge is 0.347 e. The zero-order chi connectivity index (χ0) is 23.3. The number of hydrogen-bond donors (Lipinski definition) is 1. The van der Waals surface area contributed by atoms with Crippen molar-refractivity contribution in [3.8, 4) is 0 Å². The summed E-state index contributed by atoms with van der Waals surface area (Å²) >= 11 is 1.60. The maximum atomic E-state index is 12.8. The first-order chi connectivity index (χ1) is 16.7. The number of nitrogens with one attached hydrogen (secondary N) is 1. The van der Waals surface area contributed by atoms with Crippen LogP contribution in [0.2, 0.25) is 0 Å². The Morgan fingerprint density at radius 1 is 0.971 bits per heavy atom. The first-order valence-electron chi connectivity index (χ1n) is 13.0. The van der Waals surface area contributed by atoms with Gasteiger partial charge in [-0.1, -0.05) is 49.6 Å². The Kier molecular flexibility index (Phi) is 7.60. The first kappa shape index (κ1) is 23.5. The molecule has 2 aliphatic heterocycles. The van der Waals surface area contributed by atoms with Gasteiger partial charge in [-0.2, -0.15) is 0 Å². The van der Waals surface area contributed by atoms with E-state index < -0.39 is 0 Å². The number of aromatic nitrogens is 1. The molecule has 0 radical (unpaired) electrons. The van der Waals surface area contributed by atoms with Crippen LogP contribution in [0.3, 0.4) is 0 Å². The SMILES string of the molecule is O=C(NC1CCN(Cc2ccccc2)C1)c1csc(C2CCN(C(=O)C3CCCCC3)CC2)n1. The van der Waals surface area contributed by atoms with Gasteiger partial charge in [-0.3, -0.25) is 14.5 Å². The second-order valence-electron chi connectivity index (χ2n) is 10.2. The van der Waals surface area contributed by atoms with E-state index in [1.807, 2.05) is 11.4 Å². The van der Waals surface area contributed by atoms with Crippen molar-refractivity contribution in [3.05, 3.63) is 52.0 Å². The van der Waals surface area contributed by atoms with Crippen molar-refractivity contribution in [3.63, 3.8) is 0 Å². The van der Waals surface area contributed by atoms with E-state index >= 15 is 0 Å². The predicted octanol–water partition coefficient (Wildman–Crippen LogP) is 4.43. The van der Waals surface area contributed by atoms with E-state index in [-0.39, 0.29) is 17.9 Å². The first-order valence-corrected chi connectivity index (χ1v) is 13.8. The lowest BCUT2D eigenvalue weighted by atomic mass is 9.87. The third kappa shape index (κ3) is 5.69. The highest BCUT2D eigenvalue weighted by Crippen LogP contribution is 2.32. The summed E-state index contributed by atoms with van der Waals surface area (Å²) in [4.78, 5) is 34.9. The molecular weight excluding hydrogens is 444 g/mol. The Balaban J connectivity index is 1.08. The van der Waals surface area contributed by atoms with Crippen LogP contribution < -0.4 is 5.32 Å². The zero-order valence-corrected chi connectivity index (χ0v) is 20.8. The molecule has 0 bridgehead atoms. The van der Waals surface area contributed by atoms with E-state index in [1.165, 1.54) is 24.8 Å². The van der Waals surface area contributed by atoms with Crippen LogP contribution in [-0.2, 0) is 11.3 Å². The third-order valence-corrected chi connectivity index (χ3v) is 8.73. The lowest BCUT2D eigenvalue weighted by Crippen LogP contribution is -2.41. The van der Waals surface area contributed by atoms with Crippen molar-refractivity contribution in [1.82, 2.24) is 20.1 Å². The Bertz CT molecular complexity index is 964. The lowest BCUT2D eigenvalue weighted by molar-refractivity contribution is -0.137. The van der Waals surface area contributed by atoms with Gasteiger partial charge in [0.05, 0.1) is 5.01 Å². The van der Waals surface area contributed by atoms with E-state index in [9.17, 15) is 9.59 Å². The van der Waals surface area contributed by atoms with Crippen LogP contribution in [0, 0.1) is 5.92 Å². The van der Waals surface area contributed by atoms with Crippen LogP contribution in [0.1, 0.15) is 78.3 Å². The molecule has 7 heteroatoms. The molecule has 34 heavy (non-hydrogen) atoms. The molecule has 1 aromatic heterocycles. The number of likely N-dealkylation sites (tertiary alicyclic amines) is 2. The molecule has 2 amide bonds. The highest BCUT2D eigenvalue weighted by molar-refractivity contribution is 7.09. The number of rotatable bonds is 6. The number of nitrogens with zero attached hydrogens (tertiary/aromatic N) is 3. The van der Waals surface area contributed by atoms with Crippen molar-refractivity contribution in [1.29, 1.82) is 0 Å². The van der Waals surface area contributed by atoms with Gasteiger partial charge in [0, 0.05) is 56.0 Å². The molecule has 1 unspecified atom stereocenters. The van der Waals surface area contributed by atoms with E-state index in [4.69, 9.17) is 4.98 Å². The van der Waals surface area contributed by atoms with Crippen molar-refractivity contribution >= 4 is 23.2 Å². The van der Waals surface area contributed by atoms with Crippen LogP contribution in [-0.4, -0.2) is 58.8 Å². The van der Waals surface area contributed by atoms with Gasteiger partial charge in [0.15, 0.2) is 0 Å². The number of carbonyl (C=O) groups is 2. The molecule has 1 atom stereocenters. The molecule has 5 rings (SSSR count). The van der Waals surface area contributed by atoms with Gasteiger partial charge in [-0.25, -0.2) is 4.98 Å². The highest BCUT2D eigenvalue weighted by atomic mass is 32.1. The van der Waals surface area contributed by atoms with Gasteiger partial charge in [0.25, 0.3) is 5.91 Å². The molecule has 1 saturated carbocycles. The zero-order valence-electron chi connectivity index (χ0n) is 20.0. The number of benzene rings is 1. The van der Waals surface area contributed by atoms with E-state index in [0.717, 1.165) is 69.8 Å². The summed E-state index contributed by atoms with van der Waals surface area (Å²) in [7, 11) is 0. The Morgan fingerprint density at radius 2 is 1.74 bits per heavy atom. The van der Waals surface area contributed by atoms with Crippen LogP contribution in [0.4, 0.5) is 0 Å². The van der Waals surface area contributed by atoms with E-state index in [0.29, 0.717) is 17.5 Å². The topological polar surface area (TPSA) is 65.5 Å². The normalized spacial score (nSPS) is 22.7. The molecule has 3 aliphatic rings. The Labute approximate surface area is 206 Å². The molecular formula is C27H36N4O2S. The predicted molar refractivity (Wildman–Crippen MR) is 135 cm³/mol. The fourth-order valence-corrected chi connectivity index (χ4v) is 6.70. The second kappa shape index (κ2) is 11.0. The highest BCUT2D eigenvalue weighted by Gasteiger charge is 2.31. The smallest absolute Gasteiger partial charge is 0.271 e. The van der Waals surface area contributed by atoms with Crippen LogP contribution in [0.15, 0.2) is 35.7 Å². The van der Waals surface area contributed by atoms with E-state index in [1.54, 1.807) is 11.3 Å². The summed E-state index contributed by atoms with van der Waals surface area (Å²) in [6, 6.07) is 10.7. The summed E-state index contributed by atoms with van der Waals surface area (Å²) < 4.78 is 0. The van der Waals surface area contributed by atoms with Crippen LogP contribution >= 0.6 is 11.3 Å². The average molecular weight is 481 g/mol. The number of carbonyl (C=O) groups excluding carboxylic acids is 2. The fraction of sp³-hybridized carbons (Fsp3) is 0.593. The van der Waals surface area contributed by atoms with Crippen molar-refractivity contribution < 1.29 is 9.59 Å². The van der Waals surface area contributed by atoms with Gasteiger partial charge in [0.2, 0.25) is 5.91 Å². The third-order valence-electron chi connectivity index (χ3n) is 7.72. The van der Waals surface area contributed by atoms with E-state index in [2.05, 4.69) is 39.4 Å². The molecule has 2 aromatic rings. The Morgan fingerprint density at radius 3 is 2.50 bits per heavy atom. The minimum atomic E-state index is -0.0565. The molecule has 3 fully saturated rings. The fourth-order valence-electron chi connectivity index (χ4n) is 5.73. The van der Waals surface area contributed by atoms with Gasteiger partial charge < -0.3 is 10.2 Å². The standard InChI is InChI=1S/C27H36N4O2S/c32-25(28-23-13-14-30(18-23)17-20-7-3-1-4-8-20)24-19-34-26(29-24)21-11-15-31(16-12-21)27(33)22-9-5-2-6-10-22/h1,3-4,7-8,19,21-23H,2,5-6,9-18H2,(H,28,32). The molecule has 0 spiro atoms. The minimum absolute atomic E-state index is 0.0565. The van der Waals surface area contributed by atoms with Crippen molar-refractivity contribution in [2.24, 2.45) is 5.92 Å². The molecule has 3 heterocycles. The van der Waals surface area contributed by atoms with Gasteiger partial charge >= 0.3 is 0 Å². The lowest BCUT2D eigenvalue weighted by Gasteiger charge is -2.34. The summed E-state index contributed by atoms with van der Waals surface area (Å²) in [5.74, 6) is 0.920. The average Bonchev–Trinajstić information content (AvgIpc) is 3.55. The summed E-state index contributed by atoms with van der Waals surface area (Å²) in [6.07, 6.45) is 8.67. The van der Waals surface area contributed by atoms with Crippen molar-refractivity contribution in [2.75, 3.05) is 26.2 Å². The number of hydrogen-bond acceptors (Lipinski definition) is 5. The molecule has 6 nitrogen and oxygen atoms in total. The van der Waals surface area contributed by atoms with Gasteiger partial charge in [-0.15, -0.1) is 11.3 Å². The van der Waals surface area contributed by atoms with Gasteiger partial charge in [-0.05, 0) is 37.7 Å². The van der Waals surface area contributed by atoms with Crippen LogP contribution in [0.25, 0.3) is 0 Å². The summed E-state index contributed by atoms with van der Waals surface area (Å²) in [5, 5.41) is 6.15. The summed E-state index contributed by atoms with van der Waals surface area (Å²) in [5.41, 5.74) is 1.85. The molecule has 2 saturated heterocycles. The Hall–Kier alpha value is -2.25. The minimum Gasteiger partial charge on any atom is -0.347 e. The maximum Gasteiger partial charge on any atom is 0.271 e. The van der Waals surface area contributed by atoms with Crippen LogP contribution in [0.5, 0.6) is 0 Å². The number of thiazole rings is 1. The molecule has 1 aliphatic carbocycles. The molecule has 1 N–H and O–H groups in total. The number of amides is 2. The molecule has 1 aromatic carbocycles.